The molecule has 0 aliphatic carbocycles. The third kappa shape index (κ3) is 3.56. The predicted octanol–water partition coefficient (Wildman–Crippen LogP) is 7.64. The van der Waals surface area contributed by atoms with E-state index in [-0.39, 0.29) is 5.82 Å². The Kier molecular flexibility index (Phi) is 5.33. The van der Waals surface area contributed by atoms with E-state index in [1.54, 1.807) is 12.1 Å². The summed E-state index contributed by atoms with van der Waals surface area (Å²) in [4.78, 5) is 0. The number of aryl methyl sites for hydroxylation is 1. The third-order valence-electron chi connectivity index (χ3n) is 5.24. The fourth-order valence-electron chi connectivity index (χ4n) is 3.61. The topological polar surface area (TPSA) is 0 Å². The van der Waals surface area contributed by atoms with E-state index in [9.17, 15) is 4.39 Å². The minimum absolute atomic E-state index is 0.288. The van der Waals surface area contributed by atoms with E-state index >= 15 is 0 Å². The number of hydrogen-bond donors (Lipinski definition) is 0. The number of benzene rings is 4. The van der Waals surface area contributed by atoms with Gasteiger partial charge in [-0.05, 0) is 30.2 Å². The molecule has 0 atom stereocenters. The van der Waals surface area contributed by atoms with E-state index in [2.05, 4.69) is 68.3 Å². The zero-order chi connectivity index (χ0) is 21.1. The van der Waals surface area contributed by atoms with Gasteiger partial charge in [0.1, 0.15) is 5.82 Å². The Morgan fingerprint density at radius 1 is 0.700 bits per heavy atom. The maximum Gasteiger partial charge on any atom is 0.138 e. The van der Waals surface area contributed by atoms with Crippen LogP contribution in [0.25, 0.3) is 34.1 Å². The van der Waals surface area contributed by atoms with Crippen LogP contribution in [-0.4, -0.2) is 0 Å². The number of hydrogen-bond acceptors (Lipinski definition) is 0. The van der Waals surface area contributed by atoms with E-state index < -0.39 is 0 Å². The molecule has 30 heavy (non-hydrogen) atoms. The van der Waals surface area contributed by atoms with Gasteiger partial charge >= 0.3 is 0 Å². The van der Waals surface area contributed by atoms with Gasteiger partial charge in [-0.3, -0.25) is 0 Å². The largest absolute Gasteiger partial charge is 0.206 e. The predicted molar refractivity (Wildman–Crippen MR) is 127 cm³/mol. The van der Waals surface area contributed by atoms with Crippen LogP contribution in [0.5, 0.6) is 0 Å². The Morgan fingerprint density at radius 2 is 1.27 bits per heavy atom. The molecule has 0 saturated heterocycles. The molecule has 0 aliphatic heterocycles. The molecule has 4 aromatic rings. The molecule has 0 saturated carbocycles. The zero-order valence-electron chi connectivity index (χ0n) is 16.9. The Morgan fingerprint density at radius 3 is 1.87 bits per heavy atom. The van der Waals surface area contributed by atoms with Crippen molar-refractivity contribution in [2.45, 2.75) is 6.92 Å². The summed E-state index contributed by atoms with van der Waals surface area (Å²) in [5, 5.41) is 1.32. The van der Waals surface area contributed by atoms with Crippen molar-refractivity contribution in [1.29, 1.82) is 0 Å². The van der Waals surface area contributed by atoms with Crippen molar-refractivity contribution in [2.75, 3.05) is 0 Å². The van der Waals surface area contributed by atoms with Crippen molar-refractivity contribution in [3.8, 4) is 23.0 Å². The Balaban J connectivity index is 1.79. The molecular formula is C29H21F. The van der Waals surface area contributed by atoms with Crippen molar-refractivity contribution >= 4 is 22.9 Å². The SMILES string of the molecule is C=Cc1c(C=C)c(C#Cc2ccc(-c3ccc(C)cc3)cc2)c2ccccc2c1F. The second kappa shape index (κ2) is 8.23. The van der Waals surface area contributed by atoms with Gasteiger partial charge < -0.3 is 0 Å². The van der Waals surface area contributed by atoms with Crippen LogP contribution in [-0.2, 0) is 0 Å². The molecule has 0 radical (unpaired) electrons. The van der Waals surface area contributed by atoms with Crippen LogP contribution in [0.2, 0.25) is 0 Å². The average Bonchev–Trinajstić information content (AvgIpc) is 2.79. The lowest BCUT2D eigenvalue weighted by Gasteiger charge is -2.11. The lowest BCUT2D eigenvalue weighted by Crippen LogP contribution is -1.96. The first-order valence-corrected chi connectivity index (χ1v) is 9.80. The maximum absolute atomic E-state index is 14.9. The van der Waals surface area contributed by atoms with Crippen molar-refractivity contribution < 1.29 is 4.39 Å². The Hall–Kier alpha value is -3.89. The fourth-order valence-corrected chi connectivity index (χ4v) is 3.61. The lowest BCUT2D eigenvalue weighted by molar-refractivity contribution is 0.637. The molecule has 0 N–H and O–H groups in total. The summed E-state index contributed by atoms with van der Waals surface area (Å²) in [5.74, 6) is 6.20. The maximum atomic E-state index is 14.9. The molecule has 0 fully saturated rings. The van der Waals surface area contributed by atoms with Gasteiger partial charge in [0, 0.05) is 33.0 Å². The smallest absolute Gasteiger partial charge is 0.138 e. The second-order valence-corrected chi connectivity index (χ2v) is 7.16. The van der Waals surface area contributed by atoms with E-state index in [4.69, 9.17) is 0 Å². The monoisotopic (exact) mass is 388 g/mol. The minimum Gasteiger partial charge on any atom is -0.206 e. The zero-order valence-corrected chi connectivity index (χ0v) is 16.9. The van der Waals surface area contributed by atoms with Crippen LogP contribution in [0.15, 0.2) is 86.0 Å². The third-order valence-corrected chi connectivity index (χ3v) is 5.24. The normalized spacial score (nSPS) is 10.3. The summed E-state index contributed by atoms with van der Waals surface area (Å²) in [6, 6.07) is 24.0. The second-order valence-electron chi connectivity index (χ2n) is 7.16. The van der Waals surface area contributed by atoms with E-state index in [0.717, 1.165) is 22.1 Å². The van der Waals surface area contributed by atoms with Crippen LogP contribution < -0.4 is 0 Å². The van der Waals surface area contributed by atoms with Gasteiger partial charge in [0.25, 0.3) is 0 Å². The fraction of sp³-hybridized carbons (Fsp3) is 0.0345. The molecule has 1 heteroatoms. The van der Waals surface area contributed by atoms with Crippen molar-refractivity contribution in [3.05, 3.63) is 120 Å². The van der Waals surface area contributed by atoms with Gasteiger partial charge in [-0.25, -0.2) is 4.39 Å². The molecular weight excluding hydrogens is 367 g/mol. The lowest BCUT2D eigenvalue weighted by atomic mass is 9.93. The van der Waals surface area contributed by atoms with Crippen LogP contribution in [0.1, 0.15) is 27.8 Å². The number of halogens is 1. The molecule has 0 bridgehead atoms. The quantitative estimate of drug-likeness (QED) is 0.316. The highest BCUT2D eigenvalue weighted by molar-refractivity contribution is 5.95. The molecule has 0 nitrogen and oxygen atoms in total. The molecule has 4 aromatic carbocycles. The van der Waals surface area contributed by atoms with Gasteiger partial charge in [0.2, 0.25) is 0 Å². The average molecular weight is 388 g/mol. The van der Waals surface area contributed by atoms with Crippen molar-refractivity contribution in [2.24, 2.45) is 0 Å². The molecule has 0 heterocycles. The van der Waals surface area contributed by atoms with Gasteiger partial charge in [-0.2, -0.15) is 0 Å². The van der Waals surface area contributed by atoms with Crippen LogP contribution in [0, 0.1) is 24.6 Å². The summed E-state index contributed by atoms with van der Waals surface area (Å²) >= 11 is 0. The van der Waals surface area contributed by atoms with Gasteiger partial charge in [0.05, 0.1) is 0 Å². The minimum atomic E-state index is -0.288. The molecule has 0 spiro atoms. The summed E-state index contributed by atoms with van der Waals surface area (Å²) in [5.41, 5.74) is 6.33. The number of rotatable bonds is 3. The Labute approximate surface area is 177 Å². The molecule has 0 aromatic heterocycles. The molecule has 144 valence electrons. The molecule has 4 rings (SSSR count). The number of fused-ring (bicyclic) bond motifs is 1. The highest BCUT2D eigenvalue weighted by atomic mass is 19.1. The first-order valence-electron chi connectivity index (χ1n) is 9.80. The van der Waals surface area contributed by atoms with Gasteiger partial charge in [0.15, 0.2) is 0 Å². The van der Waals surface area contributed by atoms with Crippen molar-refractivity contribution in [1.82, 2.24) is 0 Å². The summed E-state index contributed by atoms with van der Waals surface area (Å²) in [6.07, 6.45) is 3.18. The summed E-state index contributed by atoms with van der Waals surface area (Å²) in [7, 11) is 0. The summed E-state index contributed by atoms with van der Waals surface area (Å²) in [6.45, 7) is 9.73. The van der Waals surface area contributed by atoms with E-state index in [0.29, 0.717) is 16.5 Å². The van der Waals surface area contributed by atoms with Gasteiger partial charge in [-0.1, -0.05) is 103 Å². The molecule has 0 unspecified atom stereocenters. The van der Waals surface area contributed by atoms with Crippen LogP contribution in [0.4, 0.5) is 4.39 Å². The standard InChI is InChI=1S/C29H21F/c1-4-24-25(5-2)29(30)28-9-7-6-8-26(28)27(24)19-14-21-12-17-23(18-13-21)22-15-10-20(3)11-16-22/h4-13,15-18H,1-2H2,3H3. The highest BCUT2D eigenvalue weighted by Crippen LogP contribution is 2.31. The van der Waals surface area contributed by atoms with E-state index in [1.165, 1.54) is 17.2 Å². The highest BCUT2D eigenvalue weighted by Gasteiger charge is 2.14. The first kappa shape index (κ1) is 19.4. The van der Waals surface area contributed by atoms with Crippen LogP contribution >= 0.6 is 0 Å². The van der Waals surface area contributed by atoms with Gasteiger partial charge in [-0.15, -0.1) is 0 Å². The molecule has 0 aliphatic rings. The molecule has 0 amide bonds. The first-order chi connectivity index (χ1) is 14.6. The van der Waals surface area contributed by atoms with Crippen molar-refractivity contribution in [3.63, 3.8) is 0 Å². The van der Waals surface area contributed by atoms with E-state index in [1.807, 2.05) is 30.3 Å². The summed E-state index contributed by atoms with van der Waals surface area (Å²) < 4.78 is 14.9. The Bertz CT molecular complexity index is 1310. The van der Waals surface area contributed by atoms with Crippen LogP contribution in [0.3, 0.4) is 0 Å².